The molecule has 0 spiro atoms. The summed E-state index contributed by atoms with van der Waals surface area (Å²) in [6.07, 6.45) is -0.442. The van der Waals surface area contributed by atoms with Crippen molar-refractivity contribution in [2.45, 2.75) is 32.5 Å². The molecule has 0 amide bonds. The summed E-state index contributed by atoms with van der Waals surface area (Å²) >= 11 is 3.92. The van der Waals surface area contributed by atoms with E-state index in [4.69, 9.17) is 9.84 Å². The number of aliphatic hydroxyl groups is 1. The molecule has 3 heteroatoms. The van der Waals surface area contributed by atoms with E-state index in [2.05, 4.69) is 12.6 Å². The molecule has 10 heavy (non-hydrogen) atoms. The normalized spacial score (nSPS) is 15.3. The Hall–Kier alpha value is 0.270. The number of rotatable bonds is 3. The van der Waals surface area contributed by atoms with Gasteiger partial charge in [-0.1, -0.05) is 0 Å². The van der Waals surface area contributed by atoms with Gasteiger partial charge in [0.15, 0.2) is 0 Å². The molecule has 0 radical (unpaired) electrons. The van der Waals surface area contributed by atoms with E-state index in [1.165, 1.54) is 0 Å². The molecule has 62 valence electrons. The zero-order valence-electron chi connectivity index (χ0n) is 6.79. The number of hydrogen-bond donors (Lipinski definition) is 2. The van der Waals surface area contributed by atoms with E-state index in [0.29, 0.717) is 12.4 Å². The van der Waals surface area contributed by atoms with Gasteiger partial charge in [-0.15, -0.1) is 0 Å². The average molecular weight is 164 g/mol. The van der Waals surface area contributed by atoms with Gasteiger partial charge in [0.2, 0.25) is 0 Å². The second-order valence-corrected chi connectivity index (χ2v) is 3.62. The molecule has 0 aliphatic heterocycles. The minimum atomic E-state index is -0.442. The van der Waals surface area contributed by atoms with Crippen LogP contribution < -0.4 is 0 Å². The molecule has 0 aliphatic carbocycles. The Bertz CT molecular complexity index is 88.1. The summed E-state index contributed by atoms with van der Waals surface area (Å²) in [5, 5.41) is 9.02. The highest BCUT2D eigenvalue weighted by molar-refractivity contribution is 7.80. The number of thiol groups is 1. The average Bonchev–Trinajstić information content (AvgIpc) is 1.81. The van der Waals surface area contributed by atoms with Gasteiger partial charge in [-0.2, -0.15) is 12.6 Å². The molecule has 2 nitrogen and oxygen atoms in total. The Morgan fingerprint density at radius 2 is 2.00 bits per heavy atom. The maximum absolute atomic E-state index is 9.02. The Kier molecular flexibility index (Phi) is 4.32. The fourth-order valence-electron chi connectivity index (χ4n) is 0.399. The van der Waals surface area contributed by atoms with Gasteiger partial charge in [-0.05, 0) is 20.8 Å². The van der Waals surface area contributed by atoms with Crippen LogP contribution in [-0.2, 0) is 4.74 Å². The predicted octanol–water partition coefficient (Wildman–Crippen LogP) is 1.09. The first-order valence-corrected chi connectivity index (χ1v) is 4.02. The van der Waals surface area contributed by atoms with Gasteiger partial charge < -0.3 is 9.84 Å². The Morgan fingerprint density at radius 3 is 2.30 bits per heavy atom. The zero-order chi connectivity index (χ0) is 8.20. The Labute approximate surface area is 68.0 Å². The van der Waals surface area contributed by atoms with Gasteiger partial charge in [0.05, 0.1) is 18.3 Å². The van der Waals surface area contributed by atoms with E-state index in [1.54, 1.807) is 0 Å². The van der Waals surface area contributed by atoms with Crippen molar-refractivity contribution in [3.63, 3.8) is 0 Å². The van der Waals surface area contributed by atoms with Crippen LogP contribution in [0, 0.1) is 0 Å². The van der Waals surface area contributed by atoms with Crippen LogP contribution in [0.25, 0.3) is 0 Å². The van der Waals surface area contributed by atoms with Crippen LogP contribution in [-0.4, -0.2) is 29.2 Å². The van der Waals surface area contributed by atoms with E-state index in [1.807, 2.05) is 20.8 Å². The monoisotopic (exact) mass is 164 g/mol. The highest BCUT2D eigenvalue weighted by Gasteiger charge is 2.11. The number of aliphatic hydroxyl groups excluding tert-OH is 1. The van der Waals surface area contributed by atoms with Gasteiger partial charge in [0.1, 0.15) is 0 Å². The van der Waals surface area contributed by atoms with Crippen LogP contribution in [0.1, 0.15) is 20.8 Å². The van der Waals surface area contributed by atoms with E-state index in [9.17, 15) is 0 Å². The van der Waals surface area contributed by atoms with Gasteiger partial charge in [0, 0.05) is 5.75 Å². The Morgan fingerprint density at radius 1 is 1.50 bits per heavy atom. The van der Waals surface area contributed by atoms with E-state index in [-0.39, 0.29) is 5.60 Å². The van der Waals surface area contributed by atoms with Crippen LogP contribution in [0.5, 0.6) is 0 Å². The molecule has 1 unspecified atom stereocenters. The van der Waals surface area contributed by atoms with Gasteiger partial charge in [-0.25, -0.2) is 0 Å². The summed E-state index contributed by atoms with van der Waals surface area (Å²) in [6, 6.07) is 0. The minimum Gasteiger partial charge on any atom is -0.390 e. The third kappa shape index (κ3) is 6.39. The first-order valence-electron chi connectivity index (χ1n) is 3.38. The molecular weight excluding hydrogens is 148 g/mol. The molecule has 0 bridgehead atoms. The van der Waals surface area contributed by atoms with E-state index in [0.717, 1.165) is 0 Å². The quantitative estimate of drug-likeness (QED) is 0.611. The first kappa shape index (κ1) is 10.3. The summed E-state index contributed by atoms with van der Waals surface area (Å²) in [6.45, 7) is 6.24. The molecule has 0 aliphatic rings. The largest absolute Gasteiger partial charge is 0.390 e. The highest BCUT2D eigenvalue weighted by atomic mass is 32.1. The van der Waals surface area contributed by atoms with Crippen LogP contribution in [0.15, 0.2) is 0 Å². The van der Waals surface area contributed by atoms with Crippen LogP contribution in [0.4, 0.5) is 0 Å². The minimum absolute atomic E-state index is 0.163. The molecule has 0 aromatic rings. The lowest BCUT2D eigenvalue weighted by Crippen LogP contribution is -2.26. The third-order valence-electron chi connectivity index (χ3n) is 0.919. The lowest BCUT2D eigenvalue weighted by atomic mass is 10.2. The standard InChI is InChI=1S/C7H16O2S/c1-7(2,3)9-4-6(8)5-10/h6,8,10H,4-5H2,1-3H3. The van der Waals surface area contributed by atoms with Crippen LogP contribution in [0.3, 0.4) is 0 Å². The van der Waals surface area contributed by atoms with Crippen LogP contribution in [0.2, 0.25) is 0 Å². The molecule has 0 heterocycles. The molecule has 0 aromatic carbocycles. The molecule has 0 saturated carbocycles. The van der Waals surface area contributed by atoms with Crippen molar-refractivity contribution in [2.24, 2.45) is 0 Å². The third-order valence-corrected chi connectivity index (χ3v) is 1.34. The van der Waals surface area contributed by atoms with Gasteiger partial charge in [-0.3, -0.25) is 0 Å². The molecule has 1 atom stereocenters. The summed E-state index contributed by atoms with van der Waals surface area (Å²) in [7, 11) is 0. The fraction of sp³-hybridized carbons (Fsp3) is 1.00. The smallest absolute Gasteiger partial charge is 0.0861 e. The maximum Gasteiger partial charge on any atom is 0.0861 e. The second kappa shape index (κ2) is 4.21. The molecule has 1 N–H and O–H groups in total. The van der Waals surface area contributed by atoms with Crippen molar-refractivity contribution >= 4 is 12.6 Å². The lowest BCUT2D eigenvalue weighted by molar-refractivity contribution is -0.0423. The van der Waals surface area contributed by atoms with E-state index < -0.39 is 6.10 Å². The van der Waals surface area contributed by atoms with Gasteiger partial charge >= 0.3 is 0 Å². The van der Waals surface area contributed by atoms with Gasteiger partial charge in [0.25, 0.3) is 0 Å². The topological polar surface area (TPSA) is 29.5 Å². The second-order valence-electron chi connectivity index (χ2n) is 3.26. The first-order chi connectivity index (χ1) is 4.45. The summed E-state index contributed by atoms with van der Waals surface area (Å²) in [5.74, 6) is 0.454. The molecule has 0 rings (SSSR count). The molecule has 0 saturated heterocycles. The maximum atomic E-state index is 9.02. The van der Waals surface area contributed by atoms with Crippen molar-refractivity contribution in [2.75, 3.05) is 12.4 Å². The molecule has 0 fully saturated rings. The Balaban J connectivity index is 3.36. The number of hydrogen-bond acceptors (Lipinski definition) is 3. The summed E-state index contributed by atoms with van der Waals surface area (Å²) in [5.41, 5.74) is -0.163. The predicted molar refractivity (Wildman–Crippen MR) is 45.6 cm³/mol. The van der Waals surface area contributed by atoms with Crippen molar-refractivity contribution in [3.05, 3.63) is 0 Å². The lowest BCUT2D eigenvalue weighted by Gasteiger charge is -2.21. The van der Waals surface area contributed by atoms with E-state index >= 15 is 0 Å². The zero-order valence-corrected chi connectivity index (χ0v) is 7.69. The summed E-state index contributed by atoms with van der Waals surface area (Å²) < 4.78 is 5.28. The van der Waals surface area contributed by atoms with Crippen molar-refractivity contribution in [1.82, 2.24) is 0 Å². The highest BCUT2D eigenvalue weighted by Crippen LogP contribution is 2.07. The van der Waals surface area contributed by atoms with Crippen molar-refractivity contribution in [1.29, 1.82) is 0 Å². The molecular formula is C7H16O2S. The van der Waals surface area contributed by atoms with Crippen molar-refractivity contribution < 1.29 is 9.84 Å². The molecule has 0 aromatic heterocycles. The summed E-state index contributed by atoms with van der Waals surface area (Å²) in [4.78, 5) is 0. The van der Waals surface area contributed by atoms with Crippen LogP contribution >= 0.6 is 12.6 Å². The SMILES string of the molecule is CC(C)(C)OCC(O)CS. The van der Waals surface area contributed by atoms with Crippen molar-refractivity contribution in [3.8, 4) is 0 Å². The number of ether oxygens (including phenoxy) is 1. The fourth-order valence-corrected chi connectivity index (χ4v) is 0.504.